The minimum Gasteiger partial charge on any atom is -0.491 e. The molecule has 0 spiro atoms. The molecule has 0 saturated heterocycles. The topological polar surface area (TPSA) is 70.7 Å². The number of halogens is 2. The van der Waals surface area contributed by atoms with Crippen LogP contribution >= 0.6 is 24.0 Å². The summed E-state index contributed by atoms with van der Waals surface area (Å²) in [5.74, 6) is 1.30. The molecule has 0 saturated carbocycles. The van der Waals surface area contributed by atoms with Crippen LogP contribution in [-0.4, -0.2) is 44.9 Å². The van der Waals surface area contributed by atoms with E-state index in [0.717, 1.165) is 34.2 Å². The van der Waals surface area contributed by atoms with Crippen LogP contribution in [0.3, 0.4) is 0 Å². The Morgan fingerprint density at radius 1 is 1.13 bits per heavy atom. The molecule has 0 bridgehead atoms. The van der Waals surface area contributed by atoms with Crippen LogP contribution in [0.2, 0.25) is 0 Å². The van der Waals surface area contributed by atoms with Gasteiger partial charge in [0.25, 0.3) is 0 Å². The number of nitrogens with zero attached hydrogens (tertiary/aromatic N) is 1. The number of ether oxygens (including phenoxy) is 2. The third-order valence-electron chi connectivity index (χ3n) is 4.55. The third-order valence-corrected chi connectivity index (χ3v) is 4.55. The lowest BCUT2D eigenvalue weighted by atomic mass is 10.1. The lowest BCUT2D eigenvalue weighted by Gasteiger charge is -2.13. The van der Waals surface area contributed by atoms with Crippen LogP contribution in [0.1, 0.15) is 11.1 Å². The molecule has 0 amide bonds. The minimum absolute atomic E-state index is 0. The van der Waals surface area contributed by atoms with Crippen molar-refractivity contribution in [3.05, 3.63) is 65.6 Å². The summed E-state index contributed by atoms with van der Waals surface area (Å²) in [6.07, 6.45) is 2.68. The molecular formula is C22H28FIN4O2. The molecule has 2 aromatic carbocycles. The molecule has 0 unspecified atom stereocenters. The molecule has 3 aromatic rings. The Morgan fingerprint density at radius 2 is 2.00 bits per heavy atom. The molecule has 6 nitrogen and oxygen atoms in total. The standard InChI is InChI=1S/C22H27FN4O2.HI/c1-24-22(27-14-16-4-3-5-19(12-16)29-11-10-28-2)25-9-8-17-15-26-21-7-6-18(23)13-20(17)21;/h3-7,12-13,15,26H,8-11,14H2,1-2H3,(H2,24,25,27);1H. The molecule has 30 heavy (non-hydrogen) atoms. The quantitative estimate of drug-likeness (QED) is 0.172. The SMILES string of the molecule is CN=C(NCCc1c[nH]c2ccc(F)cc12)NCc1cccc(OCCOC)c1.I. The lowest BCUT2D eigenvalue weighted by Crippen LogP contribution is -2.37. The Labute approximate surface area is 193 Å². The number of hydrogen-bond donors (Lipinski definition) is 3. The van der Waals surface area contributed by atoms with Gasteiger partial charge in [-0.2, -0.15) is 0 Å². The van der Waals surface area contributed by atoms with Gasteiger partial charge < -0.3 is 25.1 Å². The largest absolute Gasteiger partial charge is 0.491 e. The van der Waals surface area contributed by atoms with Crippen LogP contribution < -0.4 is 15.4 Å². The number of aliphatic imine (C=N–C) groups is 1. The number of fused-ring (bicyclic) bond motifs is 1. The molecule has 0 radical (unpaired) electrons. The van der Waals surface area contributed by atoms with Crippen LogP contribution in [0, 0.1) is 5.82 Å². The maximum atomic E-state index is 13.5. The number of H-pyrrole nitrogens is 1. The van der Waals surface area contributed by atoms with E-state index in [-0.39, 0.29) is 29.8 Å². The number of guanidine groups is 1. The summed E-state index contributed by atoms with van der Waals surface area (Å²) in [5, 5.41) is 7.51. The Balaban J connectivity index is 0.00000320. The maximum Gasteiger partial charge on any atom is 0.191 e. The highest BCUT2D eigenvalue weighted by Crippen LogP contribution is 2.19. The lowest BCUT2D eigenvalue weighted by molar-refractivity contribution is 0.146. The van der Waals surface area contributed by atoms with Crippen molar-refractivity contribution >= 4 is 40.8 Å². The molecule has 0 aliphatic heterocycles. The second kappa shape index (κ2) is 12.4. The van der Waals surface area contributed by atoms with E-state index < -0.39 is 0 Å². The molecule has 0 aliphatic carbocycles. The monoisotopic (exact) mass is 526 g/mol. The van der Waals surface area contributed by atoms with Crippen LogP contribution in [0.4, 0.5) is 4.39 Å². The van der Waals surface area contributed by atoms with E-state index in [1.54, 1.807) is 26.3 Å². The van der Waals surface area contributed by atoms with Gasteiger partial charge in [-0.1, -0.05) is 12.1 Å². The molecule has 0 atom stereocenters. The van der Waals surface area contributed by atoms with Gasteiger partial charge in [0, 0.05) is 44.3 Å². The van der Waals surface area contributed by atoms with Crippen LogP contribution in [0.5, 0.6) is 5.75 Å². The van der Waals surface area contributed by atoms with Gasteiger partial charge in [0.15, 0.2) is 5.96 Å². The first-order chi connectivity index (χ1) is 14.2. The fourth-order valence-corrected chi connectivity index (χ4v) is 3.07. The number of nitrogens with one attached hydrogen (secondary N) is 3. The molecule has 3 N–H and O–H groups in total. The zero-order chi connectivity index (χ0) is 20.5. The number of methoxy groups -OCH3 is 1. The summed E-state index contributed by atoms with van der Waals surface area (Å²) in [4.78, 5) is 7.44. The van der Waals surface area contributed by atoms with Crippen molar-refractivity contribution in [1.82, 2.24) is 15.6 Å². The number of hydrogen-bond acceptors (Lipinski definition) is 3. The molecule has 1 aromatic heterocycles. The Hall–Kier alpha value is -2.33. The number of aromatic nitrogens is 1. The van der Waals surface area contributed by atoms with Crippen molar-refractivity contribution in [2.24, 2.45) is 4.99 Å². The van der Waals surface area contributed by atoms with E-state index in [2.05, 4.69) is 20.6 Å². The van der Waals surface area contributed by atoms with Crippen molar-refractivity contribution in [3.8, 4) is 5.75 Å². The summed E-state index contributed by atoms with van der Waals surface area (Å²) in [6.45, 7) is 2.39. The van der Waals surface area contributed by atoms with Crippen LogP contribution in [0.15, 0.2) is 53.7 Å². The fourth-order valence-electron chi connectivity index (χ4n) is 3.07. The minimum atomic E-state index is -0.225. The summed E-state index contributed by atoms with van der Waals surface area (Å²) in [5.41, 5.74) is 3.11. The predicted molar refractivity (Wildman–Crippen MR) is 129 cm³/mol. The second-order valence-corrected chi connectivity index (χ2v) is 6.60. The number of benzene rings is 2. The third kappa shape index (κ3) is 6.88. The highest BCUT2D eigenvalue weighted by Gasteiger charge is 2.06. The van der Waals surface area contributed by atoms with Crippen LogP contribution in [-0.2, 0) is 17.7 Å². The summed E-state index contributed by atoms with van der Waals surface area (Å²) >= 11 is 0. The van der Waals surface area contributed by atoms with Gasteiger partial charge in [-0.15, -0.1) is 24.0 Å². The van der Waals surface area contributed by atoms with Crippen molar-refractivity contribution in [2.45, 2.75) is 13.0 Å². The summed E-state index contributed by atoms with van der Waals surface area (Å²) in [6, 6.07) is 12.7. The van der Waals surface area contributed by atoms with Gasteiger partial charge >= 0.3 is 0 Å². The maximum absolute atomic E-state index is 13.5. The van der Waals surface area contributed by atoms with E-state index in [1.165, 1.54) is 6.07 Å². The van der Waals surface area contributed by atoms with E-state index in [4.69, 9.17) is 9.47 Å². The van der Waals surface area contributed by atoms with Gasteiger partial charge in [0.05, 0.1) is 6.61 Å². The Bertz CT molecular complexity index is 961. The molecular weight excluding hydrogens is 498 g/mol. The predicted octanol–water partition coefficient (Wildman–Crippen LogP) is 3.86. The fraction of sp³-hybridized carbons (Fsp3) is 0.318. The van der Waals surface area contributed by atoms with Crippen molar-refractivity contribution in [2.75, 3.05) is 33.9 Å². The molecule has 0 aliphatic rings. The first kappa shape index (κ1) is 23.9. The Kier molecular flexibility index (Phi) is 9.88. The summed E-state index contributed by atoms with van der Waals surface area (Å²) in [7, 11) is 3.39. The summed E-state index contributed by atoms with van der Waals surface area (Å²) < 4.78 is 24.1. The smallest absolute Gasteiger partial charge is 0.191 e. The molecule has 162 valence electrons. The molecule has 8 heteroatoms. The number of rotatable bonds is 9. The van der Waals surface area contributed by atoms with Crippen molar-refractivity contribution in [3.63, 3.8) is 0 Å². The average molecular weight is 526 g/mol. The van der Waals surface area contributed by atoms with E-state index >= 15 is 0 Å². The van der Waals surface area contributed by atoms with Crippen LogP contribution in [0.25, 0.3) is 10.9 Å². The first-order valence-electron chi connectivity index (χ1n) is 9.60. The molecule has 3 rings (SSSR count). The van der Waals surface area contributed by atoms with Gasteiger partial charge in [0.2, 0.25) is 0 Å². The van der Waals surface area contributed by atoms with Crippen molar-refractivity contribution in [1.29, 1.82) is 0 Å². The molecule has 1 heterocycles. The highest BCUT2D eigenvalue weighted by molar-refractivity contribution is 14.0. The van der Waals surface area contributed by atoms with E-state index in [1.807, 2.05) is 30.5 Å². The van der Waals surface area contributed by atoms with E-state index in [9.17, 15) is 4.39 Å². The number of aromatic amines is 1. The first-order valence-corrected chi connectivity index (χ1v) is 9.60. The average Bonchev–Trinajstić information content (AvgIpc) is 3.13. The van der Waals surface area contributed by atoms with Gasteiger partial charge in [-0.3, -0.25) is 4.99 Å². The normalized spacial score (nSPS) is 11.2. The van der Waals surface area contributed by atoms with Gasteiger partial charge in [0.1, 0.15) is 18.2 Å². The zero-order valence-electron chi connectivity index (χ0n) is 17.2. The van der Waals surface area contributed by atoms with Gasteiger partial charge in [-0.05, 0) is 47.9 Å². The van der Waals surface area contributed by atoms with Gasteiger partial charge in [-0.25, -0.2) is 4.39 Å². The zero-order valence-corrected chi connectivity index (χ0v) is 19.5. The van der Waals surface area contributed by atoms with E-state index in [0.29, 0.717) is 32.3 Å². The van der Waals surface area contributed by atoms with Crippen molar-refractivity contribution < 1.29 is 13.9 Å². The molecule has 0 fully saturated rings. The second-order valence-electron chi connectivity index (χ2n) is 6.60. The highest BCUT2D eigenvalue weighted by atomic mass is 127. The Morgan fingerprint density at radius 3 is 2.80 bits per heavy atom.